The lowest BCUT2D eigenvalue weighted by Gasteiger charge is -2.09. The Morgan fingerprint density at radius 2 is 2.00 bits per heavy atom. The minimum absolute atomic E-state index is 0.227. The summed E-state index contributed by atoms with van der Waals surface area (Å²) in [6.07, 6.45) is 4.17. The van der Waals surface area contributed by atoms with Crippen LogP contribution in [0.25, 0.3) is 11.1 Å². The zero-order chi connectivity index (χ0) is 21.4. The molecule has 0 spiro atoms. The first-order valence-corrected chi connectivity index (χ1v) is 9.51. The fraction of sp³-hybridized carbons (Fsp3) is 0.261. The van der Waals surface area contributed by atoms with Crippen molar-refractivity contribution in [3.05, 3.63) is 88.5 Å². The van der Waals surface area contributed by atoms with Gasteiger partial charge in [-0.1, -0.05) is 37.6 Å². The van der Waals surface area contributed by atoms with E-state index in [-0.39, 0.29) is 23.4 Å². The Balaban J connectivity index is 0.00000145. The third kappa shape index (κ3) is 5.38. The van der Waals surface area contributed by atoms with Gasteiger partial charge in [0.2, 0.25) is 11.8 Å². The van der Waals surface area contributed by atoms with Gasteiger partial charge in [-0.15, -0.1) is 13.2 Å². The third-order valence-electron chi connectivity index (χ3n) is 4.57. The van der Waals surface area contributed by atoms with E-state index in [1.165, 1.54) is 6.20 Å². The number of benzene rings is 1. The summed E-state index contributed by atoms with van der Waals surface area (Å²) in [6, 6.07) is 9.22. The second-order valence-electron chi connectivity index (χ2n) is 6.57. The van der Waals surface area contributed by atoms with Crippen molar-refractivity contribution < 1.29 is 9.50 Å². The molecule has 5 nitrogen and oxygen atoms in total. The summed E-state index contributed by atoms with van der Waals surface area (Å²) in [6.45, 7) is 9.73. The van der Waals surface area contributed by atoms with Crippen LogP contribution in [0.3, 0.4) is 0 Å². The van der Waals surface area contributed by atoms with E-state index in [9.17, 15) is 14.3 Å². The first-order chi connectivity index (χ1) is 14.0. The summed E-state index contributed by atoms with van der Waals surface area (Å²) in [5.41, 5.74) is 2.77. The molecule has 2 aromatic heterocycles. The van der Waals surface area contributed by atoms with Crippen LogP contribution in [-0.4, -0.2) is 20.1 Å². The van der Waals surface area contributed by atoms with Crippen molar-refractivity contribution >= 4 is 0 Å². The molecule has 0 fully saturated rings. The minimum Gasteiger partial charge on any atom is -0.493 e. The van der Waals surface area contributed by atoms with Crippen LogP contribution in [0.4, 0.5) is 4.39 Å². The average Bonchev–Trinajstić information content (AvgIpc) is 2.73. The lowest BCUT2D eigenvalue weighted by Crippen LogP contribution is -2.17. The third-order valence-corrected chi connectivity index (χ3v) is 4.57. The highest BCUT2D eigenvalue weighted by Crippen LogP contribution is 2.26. The standard InChI is InChI=1S/C21H22FN3O2.C2H4/c1-3-4-8-18-24-20(26)17(21(27)25-18)12-14-6-5-7-15(11-14)16-9-10-23-19(22)13(16)2;1-2/h5-7,9-11H,3-4,8,12H2,1-2H3,(H2,24,25,26,27);1-2H2. The van der Waals surface area contributed by atoms with E-state index in [0.29, 0.717) is 17.8 Å². The van der Waals surface area contributed by atoms with Crippen molar-refractivity contribution in [2.75, 3.05) is 0 Å². The second kappa shape index (κ2) is 10.3. The summed E-state index contributed by atoms with van der Waals surface area (Å²) < 4.78 is 13.7. The number of aromatic amines is 1. The normalized spacial score (nSPS) is 10.3. The molecule has 1 aromatic carbocycles. The van der Waals surface area contributed by atoms with E-state index in [1.807, 2.05) is 24.3 Å². The van der Waals surface area contributed by atoms with Crippen LogP contribution >= 0.6 is 0 Å². The van der Waals surface area contributed by atoms with Gasteiger partial charge in [0.15, 0.2) is 0 Å². The molecular weight excluding hydrogens is 369 g/mol. The summed E-state index contributed by atoms with van der Waals surface area (Å²) in [5.74, 6) is -0.236. The number of aryl methyl sites for hydroxylation is 1. The Morgan fingerprint density at radius 1 is 1.24 bits per heavy atom. The number of hydrogen-bond donors (Lipinski definition) is 2. The number of nitrogens with zero attached hydrogens (tertiary/aromatic N) is 2. The zero-order valence-electron chi connectivity index (χ0n) is 16.8. The lowest BCUT2D eigenvalue weighted by molar-refractivity contribution is 0.440. The van der Waals surface area contributed by atoms with E-state index >= 15 is 0 Å². The van der Waals surface area contributed by atoms with Crippen LogP contribution < -0.4 is 5.56 Å². The minimum atomic E-state index is -0.501. The van der Waals surface area contributed by atoms with E-state index in [1.54, 1.807) is 13.0 Å². The highest BCUT2D eigenvalue weighted by Gasteiger charge is 2.13. The molecule has 3 aromatic rings. The molecule has 29 heavy (non-hydrogen) atoms. The number of unbranched alkanes of at least 4 members (excludes halogenated alkanes) is 1. The summed E-state index contributed by atoms with van der Waals surface area (Å²) >= 11 is 0. The van der Waals surface area contributed by atoms with Crippen molar-refractivity contribution in [3.8, 4) is 17.0 Å². The molecule has 0 amide bonds. The number of hydrogen-bond acceptors (Lipinski definition) is 4. The van der Waals surface area contributed by atoms with Gasteiger partial charge in [0.25, 0.3) is 5.56 Å². The van der Waals surface area contributed by atoms with E-state index < -0.39 is 5.95 Å². The van der Waals surface area contributed by atoms with Crippen LogP contribution in [0.1, 0.15) is 42.3 Å². The molecule has 0 radical (unpaired) electrons. The number of nitrogens with one attached hydrogen (secondary N) is 1. The quantitative estimate of drug-likeness (QED) is 0.468. The second-order valence-corrected chi connectivity index (χ2v) is 6.57. The SMILES string of the molecule is C=C.CCCCc1nc(O)c(Cc2cccc(-c3ccnc(F)c3C)c2)c(=O)[nH]1. The molecule has 0 atom stereocenters. The molecule has 152 valence electrons. The van der Waals surface area contributed by atoms with Crippen molar-refractivity contribution in [2.45, 2.75) is 39.5 Å². The number of halogens is 1. The molecule has 0 unspecified atom stereocenters. The van der Waals surface area contributed by atoms with Gasteiger partial charge in [0, 0.05) is 24.6 Å². The highest BCUT2D eigenvalue weighted by atomic mass is 19.1. The smallest absolute Gasteiger partial charge is 0.258 e. The molecule has 0 saturated heterocycles. The van der Waals surface area contributed by atoms with E-state index in [2.05, 4.69) is 35.0 Å². The molecule has 6 heteroatoms. The van der Waals surface area contributed by atoms with Gasteiger partial charge in [-0.25, -0.2) is 9.97 Å². The van der Waals surface area contributed by atoms with E-state index in [0.717, 1.165) is 29.5 Å². The Bertz CT molecular complexity index is 1030. The molecular formula is C23H26FN3O2. The molecule has 3 rings (SSSR count). The van der Waals surface area contributed by atoms with Crippen molar-refractivity contribution in [1.29, 1.82) is 0 Å². The first kappa shape index (κ1) is 22.0. The van der Waals surface area contributed by atoms with Crippen LogP contribution in [0, 0.1) is 12.9 Å². The monoisotopic (exact) mass is 395 g/mol. The van der Waals surface area contributed by atoms with Gasteiger partial charge >= 0.3 is 0 Å². The van der Waals surface area contributed by atoms with E-state index in [4.69, 9.17) is 0 Å². The van der Waals surface area contributed by atoms with Crippen LogP contribution in [0.15, 0.2) is 54.5 Å². The van der Waals surface area contributed by atoms with Gasteiger partial charge in [0.05, 0.1) is 5.56 Å². The number of pyridine rings is 1. The molecule has 2 heterocycles. The number of aromatic hydroxyl groups is 1. The zero-order valence-corrected chi connectivity index (χ0v) is 16.8. The van der Waals surface area contributed by atoms with Crippen molar-refractivity contribution in [1.82, 2.24) is 15.0 Å². The Labute approximate surface area is 170 Å². The maximum atomic E-state index is 13.7. The molecule has 0 bridgehead atoms. The molecule has 2 N–H and O–H groups in total. The van der Waals surface area contributed by atoms with Gasteiger partial charge < -0.3 is 10.1 Å². The Kier molecular flexibility index (Phi) is 7.83. The predicted octanol–water partition coefficient (Wildman–Crippen LogP) is 4.72. The van der Waals surface area contributed by atoms with Crippen LogP contribution in [0.2, 0.25) is 0 Å². The lowest BCUT2D eigenvalue weighted by atomic mass is 9.98. The van der Waals surface area contributed by atoms with Crippen molar-refractivity contribution in [2.24, 2.45) is 0 Å². The fourth-order valence-corrected chi connectivity index (χ4v) is 3.03. The van der Waals surface area contributed by atoms with Crippen molar-refractivity contribution in [3.63, 3.8) is 0 Å². The van der Waals surface area contributed by atoms with Gasteiger partial charge in [-0.05, 0) is 36.1 Å². The summed E-state index contributed by atoms with van der Waals surface area (Å²) in [7, 11) is 0. The summed E-state index contributed by atoms with van der Waals surface area (Å²) in [4.78, 5) is 22.9. The summed E-state index contributed by atoms with van der Waals surface area (Å²) in [5, 5.41) is 10.2. The average molecular weight is 395 g/mol. The molecule has 0 aliphatic rings. The number of H-pyrrole nitrogens is 1. The van der Waals surface area contributed by atoms with Gasteiger partial charge in [-0.3, -0.25) is 4.79 Å². The topological polar surface area (TPSA) is 78.9 Å². The van der Waals surface area contributed by atoms with Crippen LogP contribution in [-0.2, 0) is 12.8 Å². The molecule has 0 aliphatic heterocycles. The highest BCUT2D eigenvalue weighted by molar-refractivity contribution is 5.67. The number of aromatic nitrogens is 3. The van der Waals surface area contributed by atoms with Gasteiger partial charge in [-0.2, -0.15) is 4.39 Å². The largest absolute Gasteiger partial charge is 0.493 e. The molecule has 0 aliphatic carbocycles. The number of rotatable bonds is 6. The fourth-order valence-electron chi connectivity index (χ4n) is 3.03. The van der Waals surface area contributed by atoms with Crippen LogP contribution in [0.5, 0.6) is 5.88 Å². The first-order valence-electron chi connectivity index (χ1n) is 9.51. The maximum Gasteiger partial charge on any atom is 0.258 e. The van der Waals surface area contributed by atoms with Gasteiger partial charge in [0.1, 0.15) is 5.82 Å². The Morgan fingerprint density at radius 3 is 2.69 bits per heavy atom. The Hall–Kier alpha value is -3.28. The predicted molar refractivity (Wildman–Crippen MR) is 114 cm³/mol. The molecule has 0 saturated carbocycles. The maximum absolute atomic E-state index is 13.7.